The van der Waals surface area contributed by atoms with E-state index in [0.717, 1.165) is 24.9 Å². The predicted octanol–water partition coefficient (Wildman–Crippen LogP) is 1.66. The summed E-state index contributed by atoms with van der Waals surface area (Å²) < 4.78 is 7.47. The Morgan fingerprint density at radius 1 is 1.44 bits per heavy atom. The number of benzene rings is 1. The van der Waals surface area contributed by atoms with Gasteiger partial charge >= 0.3 is 5.91 Å². The van der Waals surface area contributed by atoms with Crippen molar-refractivity contribution in [3.63, 3.8) is 0 Å². The first kappa shape index (κ1) is 17.4. The van der Waals surface area contributed by atoms with Crippen LogP contribution in [0, 0.1) is 0 Å². The maximum atomic E-state index is 12.5. The molecule has 2 N–H and O–H groups in total. The molecule has 4 rings (SSSR count). The predicted molar refractivity (Wildman–Crippen MR) is 99.0 cm³/mol. The largest absolute Gasteiger partial charge is 0.432 e. The van der Waals surface area contributed by atoms with Crippen molar-refractivity contribution in [1.29, 1.82) is 0 Å². The highest BCUT2D eigenvalue weighted by Crippen LogP contribution is 2.22. The molecule has 0 aliphatic carbocycles. The highest BCUT2D eigenvalue weighted by molar-refractivity contribution is 5.90. The van der Waals surface area contributed by atoms with Gasteiger partial charge in [-0.3, -0.25) is 9.48 Å². The molecule has 3 heterocycles. The summed E-state index contributed by atoms with van der Waals surface area (Å²) in [6.07, 6.45) is 6.85. The maximum Gasteiger partial charge on any atom is 0.307 e. The van der Waals surface area contributed by atoms with E-state index < -0.39 is 0 Å². The van der Waals surface area contributed by atoms with Gasteiger partial charge < -0.3 is 15.1 Å². The zero-order valence-electron chi connectivity index (χ0n) is 15.1. The fraction of sp³-hybridized carbons (Fsp3) is 0.368. The molecule has 1 aliphatic heterocycles. The first-order chi connectivity index (χ1) is 13.2. The number of rotatable bonds is 6. The monoisotopic (exact) mass is 366 g/mol. The van der Waals surface area contributed by atoms with Crippen LogP contribution in [-0.2, 0) is 13.0 Å². The van der Waals surface area contributed by atoms with Crippen molar-refractivity contribution in [3.05, 3.63) is 54.3 Å². The van der Waals surface area contributed by atoms with Gasteiger partial charge in [0.15, 0.2) is 5.76 Å². The van der Waals surface area contributed by atoms with Gasteiger partial charge in [0.2, 0.25) is 0 Å². The summed E-state index contributed by atoms with van der Waals surface area (Å²) in [5.41, 5.74) is 2.14. The molecule has 1 amide bonds. The van der Waals surface area contributed by atoms with Gasteiger partial charge in [-0.15, -0.1) is 5.10 Å². The Bertz CT molecular complexity index is 905. The molecular formula is C19H22N6O2. The molecule has 2 atom stereocenters. The molecule has 1 fully saturated rings. The summed E-state index contributed by atoms with van der Waals surface area (Å²) >= 11 is 0. The molecule has 0 saturated carbocycles. The van der Waals surface area contributed by atoms with Crippen molar-refractivity contribution in [1.82, 2.24) is 30.6 Å². The number of aromatic nitrogens is 4. The van der Waals surface area contributed by atoms with Gasteiger partial charge in [-0.25, -0.2) is 4.98 Å². The van der Waals surface area contributed by atoms with Crippen LogP contribution >= 0.6 is 0 Å². The average molecular weight is 366 g/mol. The first-order valence-corrected chi connectivity index (χ1v) is 9.14. The molecule has 1 saturated heterocycles. The highest BCUT2D eigenvalue weighted by atomic mass is 16.4. The van der Waals surface area contributed by atoms with Gasteiger partial charge in [-0.1, -0.05) is 30.3 Å². The maximum absolute atomic E-state index is 12.5. The van der Waals surface area contributed by atoms with Crippen LogP contribution in [0.15, 0.2) is 47.3 Å². The fourth-order valence-corrected chi connectivity index (χ4v) is 3.33. The second-order valence-electron chi connectivity index (χ2n) is 6.72. The second-order valence-corrected chi connectivity index (χ2v) is 6.72. The summed E-state index contributed by atoms with van der Waals surface area (Å²) in [5.74, 6) is 0.400. The summed E-state index contributed by atoms with van der Waals surface area (Å²) in [6, 6.07) is 8.33. The third-order valence-corrected chi connectivity index (χ3v) is 4.76. The van der Waals surface area contributed by atoms with Crippen molar-refractivity contribution in [3.8, 4) is 11.3 Å². The topological polar surface area (TPSA) is 97.9 Å². The van der Waals surface area contributed by atoms with E-state index in [-0.39, 0.29) is 23.9 Å². The zero-order chi connectivity index (χ0) is 18.6. The quantitative estimate of drug-likeness (QED) is 0.688. The van der Waals surface area contributed by atoms with Crippen molar-refractivity contribution in [2.45, 2.75) is 38.4 Å². The molecule has 0 radical (unpaired) electrons. The van der Waals surface area contributed by atoms with Crippen molar-refractivity contribution < 1.29 is 9.21 Å². The molecule has 2 aromatic heterocycles. The minimum absolute atomic E-state index is 0.0322. The minimum atomic E-state index is -0.291. The lowest BCUT2D eigenvalue weighted by atomic mass is 10.1. The van der Waals surface area contributed by atoms with Gasteiger partial charge in [0.05, 0.1) is 18.9 Å². The molecule has 0 spiro atoms. The molecule has 140 valence electrons. The Morgan fingerprint density at radius 2 is 2.37 bits per heavy atom. The third kappa shape index (κ3) is 4.06. The van der Waals surface area contributed by atoms with E-state index in [4.69, 9.17) is 4.42 Å². The molecule has 1 aliphatic rings. The van der Waals surface area contributed by atoms with Crippen LogP contribution < -0.4 is 10.6 Å². The second kappa shape index (κ2) is 7.71. The number of aryl methyl sites for hydroxylation is 1. The van der Waals surface area contributed by atoms with Gasteiger partial charge in [0.1, 0.15) is 0 Å². The SMILES string of the molecule is CCc1cccc(-c2cnc(C(=O)N[C@H]3CN[C@H](Cn4ccnn4)C3)o2)c1. The number of carbonyl (C=O) groups excluding carboxylic acids is 1. The van der Waals surface area contributed by atoms with E-state index in [1.54, 1.807) is 17.1 Å². The number of nitrogens with zero attached hydrogens (tertiary/aromatic N) is 4. The highest BCUT2D eigenvalue weighted by Gasteiger charge is 2.27. The summed E-state index contributed by atoms with van der Waals surface area (Å²) in [6.45, 7) is 3.53. The molecule has 0 bridgehead atoms. The normalized spacial score (nSPS) is 19.3. The molecule has 8 nitrogen and oxygen atoms in total. The number of nitrogens with one attached hydrogen (secondary N) is 2. The van der Waals surface area contributed by atoms with E-state index in [0.29, 0.717) is 12.3 Å². The summed E-state index contributed by atoms with van der Waals surface area (Å²) in [7, 11) is 0. The van der Waals surface area contributed by atoms with Crippen molar-refractivity contribution in [2.75, 3.05) is 6.54 Å². The molecule has 8 heteroatoms. The Kier molecular flexibility index (Phi) is 4.97. The zero-order valence-corrected chi connectivity index (χ0v) is 15.1. The average Bonchev–Trinajstić information content (AvgIpc) is 3.44. The Labute approximate surface area is 157 Å². The standard InChI is InChI=1S/C19H22N6O2/c1-2-13-4-3-5-14(8-13)17-11-21-19(27-17)18(26)23-15-9-16(20-10-15)12-25-7-6-22-24-25/h3-8,11,15-16,20H,2,9-10,12H2,1H3,(H,23,26)/t15-,16+/m1/s1. The lowest BCUT2D eigenvalue weighted by Gasteiger charge is -2.11. The van der Waals surface area contributed by atoms with Crippen LogP contribution in [0.4, 0.5) is 0 Å². The van der Waals surface area contributed by atoms with Gasteiger partial charge in [-0.05, 0) is 24.5 Å². The van der Waals surface area contributed by atoms with E-state index in [2.05, 4.69) is 45.0 Å². The number of carbonyl (C=O) groups is 1. The molecule has 0 unspecified atom stereocenters. The first-order valence-electron chi connectivity index (χ1n) is 9.14. The fourth-order valence-electron chi connectivity index (χ4n) is 3.33. The van der Waals surface area contributed by atoms with Crippen LogP contribution in [-0.4, -0.2) is 44.5 Å². The molecule has 27 heavy (non-hydrogen) atoms. The Balaban J connectivity index is 1.36. The van der Waals surface area contributed by atoms with Crippen LogP contribution in [0.25, 0.3) is 11.3 Å². The van der Waals surface area contributed by atoms with E-state index >= 15 is 0 Å². The lowest BCUT2D eigenvalue weighted by Crippen LogP contribution is -2.36. The number of amides is 1. The Hall–Kier alpha value is -3.00. The molecule has 3 aromatic rings. The smallest absolute Gasteiger partial charge is 0.307 e. The number of hydrogen-bond acceptors (Lipinski definition) is 6. The van der Waals surface area contributed by atoms with Crippen LogP contribution in [0.2, 0.25) is 0 Å². The lowest BCUT2D eigenvalue weighted by molar-refractivity contribution is 0.0905. The number of oxazole rings is 1. The number of hydrogen-bond donors (Lipinski definition) is 2. The minimum Gasteiger partial charge on any atom is -0.432 e. The summed E-state index contributed by atoms with van der Waals surface area (Å²) in [5, 5.41) is 14.2. The van der Waals surface area contributed by atoms with E-state index in [9.17, 15) is 4.79 Å². The third-order valence-electron chi connectivity index (χ3n) is 4.76. The molecular weight excluding hydrogens is 344 g/mol. The van der Waals surface area contributed by atoms with E-state index in [1.807, 2.05) is 18.3 Å². The van der Waals surface area contributed by atoms with Crippen LogP contribution in [0.1, 0.15) is 29.6 Å². The molecule has 1 aromatic carbocycles. The van der Waals surface area contributed by atoms with Crippen molar-refractivity contribution >= 4 is 5.91 Å². The van der Waals surface area contributed by atoms with Gasteiger partial charge in [0, 0.05) is 30.4 Å². The van der Waals surface area contributed by atoms with Gasteiger partial charge in [-0.2, -0.15) is 0 Å². The van der Waals surface area contributed by atoms with Crippen LogP contribution in [0.3, 0.4) is 0 Å². The van der Waals surface area contributed by atoms with Crippen molar-refractivity contribution in [2.24, 2.45) is 0 Å². The summed E-state index contributed by atoms with van der Waals surface area (Å²) in [4.78, 5) is 16.6. The van der Waals surface area contributed by atoms with Gasteiger partial charge in [0.25, 0.3) is 5.89 Å². The van der Waals surface area contributed by atoms with Crippen LogP contribution in [0.5, 0.6) is 0 Å². The Morgan fingerprint density at radius 3 is 3.19 bits per heavy atom. The van der Waals surface area contributed by atoms with E-state index in [1.165, 1.54) is 5.56 Å².